The van der Waals surface area contributed by atoms with Crippen LogP contribution in [0.1, 0.15) is 46.1 Å². The van der Waals surface area contributed by atoms with Crippen molar-refractivity contribution < 1.29 is 10.3 Å². The third-order valence-electron chi connectivity index (χ3n) is 3.91. The molecule has 0 atom stereocenters. The Hall–Kier alpha value is -0.900. The molecule has 0 spiro atoms. The number of aliphatic hydroxyl groups is 1. The van der Waals surface area contributed by atoms with Crippen molar-refractivity contribution in [1.82, 2.24) is 5.06 Å². The highest BCUT2D eigenvalue weighted by molar-refractivity contribution is 5.25. The number of hydroxylamine groups is 2. The van der Waals surface area contributed by atoms with Gasteiger partial charge >= 0.3 is 0 Å². The molecule has 0 aliphatic carbocycles. The van der Waals surface area contributed by atoms with Crippen molar-refractivity contribution in [3.8, 4) is 0 Å². The van der Waals surface area contributed by atoms with Gasteiger partial charge in [0.1, 0.15) is 0 Å². The smallest absolute Gasteiger partial charge is 0.0933 e. The molecule has 0 saturated carbocycles. The van der Waals surface area contributed by atoms with Gasteiger partial charge in [0.25, 0.3) is 0 Å². The van der Waals surface area contributed by atoms with Crippen LogP contribution >= 0.6 is 0 Å². The van der Waals surface area contributed by atoms with Gasteiger partial charge in [-0.1, -0.05) is 30.3 Å². The molecule has 0 bridgehead atoms. The summed E-state index contributed by atoms with van der Waals surface area (Å²) in [5, 5.41) is 22.6. The van der Waals surface area contributed by atoms with Crippen LogP contribution in [0.2, 0.25) is 0 Å². The van der Waals surface area contributed by atoms with E-state index in [1.54, 1.807) is 0 Å². The molecule has 18 heavy (non-hydrogen) atoms. The van der Waals surface area contributed by atoms with E-state index in [-0.39, 0.29) is 0 Å². The number of hydrogen-bond donors (Lipinski definition) is 2. The quantitative estimate of drug-likeness (QED) is 0.804. The molecule has 1 saturated heterocycles. The fourth-order valence-corrected chi connectivity index (χ4v) is 3.42. The molecule has 1 heterocycles. The maximum atomic E-state index is 11.0. The molecule has 3 heteroatoms. The second-order valence-corrected chi connectivity index (χ2v) is 6.69. The Morgan fingerprint density at radius 2 is 1.39 bits per heavy atom. The Kier molecular flexibility index (Phi) is 3.05. The van der Waals surface area contributed by atoms with Gasteiger partial charge in [-0.3, -0.25) is 0 Å². The van der Waals surface area contributed by atoms with Gasteiger partial charge in [-0.25, -0.2) is 0 Å². The average molecular weight is 249 g/mol. The summed E-state index contributed by atoms with van der Waals surface area (Å²) >= 11 is 0. The molecule has 1 aliphatic rings. The number of rotatable bonds is 1. The Morgan fingerprint density at radius 3 is 1.83 bits per heavy atom. The minimum absolute atomic E-state index is 0.452. The monoisotopic (exact) mass is 249 g/mol. The van der Waals surface area contributed by atoms with E-state index in [1.165, 1.54) is 5.06 Å². The topological polar surface area (TPSA) is 43.7 Å². The summed E-state index contributed by atoms with van der Waals surface area (Å²) in [4.78, 5) is 0. The summed E-state index contributed by atoms with van der Waals surface area (Å²) in [7, 11) is 0. The number of nitrogens with zero attached hydrogens (tertiary/aromatic N) is 1. The summed E-state index contributed by atoms with van der Waals surface area (Å²) in [6.45, 7) is 7.84. The molecule has 0 aromatic heterocycles. The normalized spacial score (nSPS) is 25.9. The molecule has 1 aliphatic heterocycles. The van der Waals surface area contributed by atoms with Gasteiger partial charge in [-0.15, -0.1) is 0 Å². The second-order valence-electron chi connectivity index (χ2n) is 6.69. The third kappa shape index (κ3) is 2.18. The van der Waals surface area contributed by atoms with Crippen molar-refractivity contribution >= 4 is 0 Å². The molecular weight excluding hydrogens is 226 g/mol. The van der Waals surface area contributed by atoms with E-state index in [2.05, 4.69) is 0 Å². The van der Waals surface area contributed by atoms with Gasteiger partial charge in [-0.2, -0.15) is 5.06 Å². The maximum absolute atomic E-state index is 11.0. The van der Waals surface area contributed by atoms with E-state index in [1.807, 2.05) is 58.0 Å². The first-order valence-corrected chi connectivity index (χ1v) is 6.45. The van der Waals surface area contributed by atoms with Gasteiger partial charge in [-0.05, 0) is 33.3 Å². The summed E-state index contributed by atoms with van der Waals surface area (Å²) < 4.78 is 0. The van der Waals surface area contributed by atoms with E-state index < -0.39 is 16.7 Å². The number of benzene rings is 1. The summed E-state index contributed by atoms with van der Waals surface area (Å²) in [6.07, 6.45) is 1.04. The standard InChI is InChI=1S/C15H23NO2/c1-13(2)10-15(17,11-14(3,4)16(13)18)12-8-6-5-7-9-12/h5-9,17-18H,10-11H2,1-4H3. The fraction of sp³-hybridized carbons (Fsp3) is 0.600. The van der Waals surface area contributed by atoms with E-state index >= 15 is 0 Å². The zero-order valence-electron chi connectivity index (χ0n) is 11.6. The molecule has 1 aromatic rings. The molecule has 0 radical (unpaired) electrons. The highest BCUT2D eigenvalue weighted by Gasteiger charge is 2.52. The van der Waals surface area contributed by atoms with Crippen LogP contribution < -0.4 is 0 Å². The summed E-state index contributed by atoms with van der Waals surface area (Å²) in [5.41, 5.74) is -0.856. The van der Waals surface area contributed by atoms with E-state index in [0.29, 0.717) is 12.8 Å². The molecule has 0 unspecified atom stereocenters. The lowest BCUT2D eigenvalue weighted by molar-refractivity contribution is -0.277. The zero-order chi connectivity index (χ0) is 13.6. The van der Waals surface area contributed by atoms with Crippen molar-refractivity contribution in [2.24, 2.45) is 0 Å². The molecular formula is C15H23NO2. The van der Waals surface area contributed by atoms with Crippen LogP contribution in [0.5, 0.6) is 0 Å². The lowest BCUT2D eigenvalue weighted by Crippen LogP contribution is -2.63. The van der Waals surface area contributed by atoms with Gasteiger partial charge in [0, 0.05) is 23.9 Å². The van der Waals surface area contributed by atoms with Crippen molar-refractivity contribution in [3.05, 3.63) is 35.9 Å². The second kappa shape index (κ2) is 4.05. The number of piperidine rings is 1. The average Bonchev–Trinajstić information content (AvgIpc) is 2.26. The largest absolute Gasteiger partial charge is 0.385 e. The Bertz CT molecular complexity index is 407. The van der Waals surface area contributed by atoms with Crippen LogP contribution in [0, 0.1) is 0 Å². The lowest BCUT2D eigenvalue weighted by atomic mass is 9.69. The molecule has 1 fully saturated rings. The molecule has 2 rings (SSSR count). The van der Waals surface area contributed by atoms with Crippen molar-refractivity contribution in [1.29, 1.82) is 0 Å². The molecule has 2 N–H and O–H groups in total. The lowest BCUT2D eigenvalue weighted by Gasteiger charge is -2.54. The first-order chi connectivity index (χ1) is 8.17. The van der Waals surface area contributed by atoms with Crippen LogP contribution in [0.3, 0.4) is 0 Å². The van der Waals surface area contributed by atoms with Crippen LogP contribution in [-0.4, -0.2) is 26.5 Å². The summed E-state index contributed by atoms with van der Waals surface area (Å²) in [5.74, 6) is 0. The van der Waals surface area contributed by atoms with Crippen molar-refractivity contribution in [3.63, 3.8) is 0 Å². The van der Waals surface area contributed by atoms with Gasteiger partial charge in [0.15, 0.2) is 0 Å². The maximum Gasteiger partial charge on any atom is 0.0933 e. The molecule has 0 amide bonds. The Balaban J connectivity index is 2.42. The van der Waals surface area contributed by atoms with Gasteiger partial charge in [0.2, 0.25) is 0 Å². The predicted octanol–water partition coefficient (Wildman–Crippen LogP) is 2.92. The summed E-state index contributed by atoms with van der Waals surface area (Å²) in [6, 6.07) is 9.75. The number of hydrogen-bond acceptors (Lipinski definition) is 3. The fourth-order valence-electron chi connectivity index (χ4n) is 3.42. The Labute approximate surface area is 109 Å². The van der Waals surface area contributed by atoms with Crippen molar-refractivity contribution in [2.45, 2.75) is 57.2 Å². The van der Waals surface area contributed by atoms with Crippen LogP contribution in [-0.2, 0) is 5.60 Å². The highest BCUT2D eigenvalue weighted by Crippen LogP contribution is 2.46. The first kappa shape index (κ1) is 13.5. The van der Waals surface area contributed by atoms with E-state index in [0.717, 1.165) is 5.56 Å². The molecule has 1 aromatic carbocycles. The van der Waals surface area contributed by atoms with Crippen molar-refractivity contribution in [2.75, 3.05) is 0 Å². The van der Waals surface area contributed by atoms with E-state index in [4.69, 9.17) is 0 Å². The molecule has 3 nitrogen and oxygen atoms in total. The SMILES string of the molecule is CC1(C)CC(O)(c2ccccc2)CC(C)(C)N1O. The third-order valence-corrected chi connectivity index (χ3v) is 3.91. The minimum atomic E-state index is -0.881. The zero-order valence-corrected chi connectivity index (χ0v) is 11.6. The van der Waals surface area contributed by atoms with Crippen LogP contribution in [0.25, 0.3) is 0 Å². The van der Waals surface area contributed by atoms with E-state index in [9.17, 15) is 10.3 Å². The minimum Gasteiger partial charge on any atom is -0.385 e. The Morgan fingerprint density at radius 1 is 0.944 bits per heavy atom. The molecule has 100 valence electrons. The predicted molar refractivity (Wildman–Crippen MR) is 71.4 cm³/mol. The highest BCUT2D eigenvalue weighted by atomic mass is 16.5. The van der Waals surface area contributed by atoms with Gasteiger partial charge in [0.05, 0.1) is 5.60 Å². The van der Waals surface area contributed by atoms with Crippen LogP contribution in [0.4, 0.5) is 0 Å². The first-order valence-electron chi connectivity index (χ1n) is 6.45. The van der Waals surface area contributed by atoms with Gasteiger partial charge < -0.3 is 10.3 Å². The van der Waals surface area contributed by atoms with Crippen LogP contribution in [0.15, 0.2) is 30.3 Å².